The van der Waals surface area contributed by atoms with Crippen LogP contribution in [0.4, 0.5) is 20.2 Å². The maximum atomic E-state index is 13.6. The zero-order valence-corrected chi connectivity index (χ0v) is 21.5. The predicted molar refractivity (Wildman–Crippen MR) is 148 cm³/mol. The van der Waals surface area contributed by atoms with Crippen molar-refractivity contribution < 1.29 is 23.2 Å². The smallest absolute Gasteiger partial charge is 0.263 e. The molecule has 1 aliphatic heterocycles. The van der Waals surface area contributed by atoms with Crippen LogP contribution in [0.1, 0.15) is 33.6 Å². The first-order valence-electron chi connectivity index (χ1n) is 12.6. The topological polar surface area (TPSA) is 138 Å². The second-order valence-corrected chi connectivity index (χ2v) is 9.34. The Morgan fingerprint density at radius 1 is 1.10 bits per heavy atom. The van der Waals surface area contributed by atoms with Crippen LogP contribution in [0.3, 0.4) is 0 Å². The van der Waals surface area contributed by atoms with Crippen molar-refractivity contribution in [3.05, 3.63) is 112 Å². The van der Waals surface area contributed by atoms with Gasteiger partial charge in [-0.1, -0.05) is 6.07 Å². The molecule has 10 nitrogen and oxygen atoms in total. The number of carbonyl (C=O) groups is 3. The number of rotatable bonds is 10. The summed E-state index contributed by atoms with van der Waals surface area (Å²) in [6, 6.07) is 10.9. The molecule has 3 heterocycles. The molecular formula is C29H24F2N6O4. The highest BCUT2D eigenvalue weighted by Crippen LogP contribution is 2.35. The molecule has 0 radical (unpaired) electrons. The number of aromatic amines is 1. The number of fused-ring (bicyclic) bond motifs is 1. The van der Waals surface area contributed by atoms with Gasteiger partial charge in [0.25, 0.3) is 17.4 Å². The Balaban J connectivity index is 1.28. The van der Waals surface area contributed by atoms with E-state index in [2.05, 4.69) is 25.9 Å². The fraction of sp³-hybridized carbons (Fsp3) is 0.138. The lowest BCUT2D eigenvalue weighted by atomic mass is 10.0. The van der Waals surface area contributed by atoms with Crippen LogP contribution in [0.25, 0.3) is 11.6 Å². The zero-order chi connectivity index (χ0) is 28.9. The molecule has 0 saturated carbocycles. The van der Waals surface area contributed by atoms with Gasteiger partial charge in [-0.2, -0.15) is 0 Å². The third-order valence-electron chi connectivity index (χ3n) is 6.48. The summed E-state index contributed by atoms with van der Waals surface area (Å²) in [6.45, 7) is -0.0425. The highest BCUT2D eigenvalue weighted by molar-refractivity contribution is 6.35. The molecule has 0 saturated heterocycles. The Hall–Kier alpha value is -5.39. The van der Waals surface area contributed by atoms with Crippen LogP contribution < -0.4 is 21.5 Å². The Bertz CT molecular complexity index is 1710. The Morgan fingerprint density at radius 3 is 2.71 bits per heavy atom. The largest absolute Gasteiger partial charge is 0.380 e. The number of benzene rings is 2. The van der Waals surface area contributed by atoms with E-state index in [0.717, 1.165) is 12.1 Å². The van der Waals surface area contributed by atoms with E-state index in [0.29, 0.717) is 40.1 Å². The lowest BCUT2D eigenvalue weighted by molar-refractivity contribution is -0.111. The van der Waals surface area contributed by atoms with Crippen molar-refractivity contribution in [2.45, 2.75) is 19.0 Å². The normalized spacial score (nSPS) is 13.9. The van der Waals surface area contributed by atoms with Gasteiger partial charge in [-0.3, -0.25) is 14.4 Å². The van der Waals surface area contributed by atoms with Crippen LogP contribution in [0.15, 0.2) is 72.0 Å². The van der Waals surface area contributed by atoms with Gasteiger partial charge in [0.05, 0.1) is 36.4 Å². The number of amides is 2. The first-order valence-corrected chi connectivity index (χ1v) is 12.6. The van der Waals surface area contributed by atoms with E-state index in [1.165, 1.54) is 35.3 Å². The van der Waals surface area contributed by atoms with Gasteiger partial charge in [0.15, 0.2) is 11.6 Å². The van der Waals surface area contributed by atoms with Crippen LogP contribution in [-0.2, 0) is 16.1 Å². The summed E-state index contributed by atoms with van der Waals surface area (Å²) in [7, 11) is 0. The van der Waals surface area contributed by atoms with Crippen LogP contribution in [0, 0.1) is 11.6 Å². The van der Waals surface area contributed by atoms with Gasteiger partial charge < -0.3 is 30.3 Å². The fourth-order valence-electron chi connectivity index (χ4n) is 4.45. The average molecular weight is 559 g/mol. The first-order chi connectivity index (χ1) is 19.8. The molecule has 0 fully saturated rings. The van der Waals surface area contributed by atoms with E-state index >= 15 is 0 Å². The summed E-state index contributed by atoms with van der Waals surface area (Å²) >= 11 is 0. The van der Waals surface area contributed by atoms with E-state index in [9.17, 15) is 28.0 Å². The van der Waals surface area contributed by atoms with Crippen LogP contribution in [0.2, 0.25) is 0 Å². The maximum Gasteiger partial charge on any atom is 0.263 e. The van der Waals surface area contributed by atoms with Gasteiger partial charge in [-0.15, -0.1) is 0 Å². The molecule has 208 valence electrons. The maximum absolute atomic E-state index is 13.6. The molecule has 5 rings (SSSR count). The van der Waals surface area contributed by atoms with E-state index in [1.54, 1.807) is 30.5 Å². The molecule has 2 aromatic carbocycles. The standard InChI is InChI=1S/C29H24F2N6O4/c30-24-5-3-17(10-25(24)31)15-37-8-1-2-21(29(37)41)27(39)33-14-19(7-9-38)35-18-4-6-26-22(11-18)23(28(40)36-26)12-20-13-32-16-34-20/h1-6,8-13,16,19,35H,7,14-15H2,(H,32,34)(H,33,39)(H,36,40)/b23-12-/t19-/m1/s1. The van der Waals surface area contributed by atoms with Crippen LogP contribution in [0.5, 0.6) is 0 Å². The molecule has 0 unspecified atom stereocenters. The van der Waals surface area contributed by atoms with Gasteiger partial charge >= 0.3 is 0 Å². The Kier molecular flexibility index (Phi) is 7.81. The number of aromatic nitrogens is 3. The average Bonchev–Trinajstić information content (AvgIpc) is 3.58. The summed E-state index contributed by atoms with van der Waals surface area (Å²) in [5, 5.41) is 8.68. The van der Waals surface area contributed by atoms with Crippen molar-refractivity contribution in [1.29, 1.82) is 0 Å². The number of aldehydes is 1. The van der Waals surface area contributed by atoms with Crippen molar-refractivity contribution >= 4 is 41.1 Å². The van der Waals surface area contributed by atoms with Gasteiger partial charge in [0.1, 0.15) is 11.8 Å². The van der Waals surface area contributed by atoms with Crippen molar-refractivity contribution in [2.75, 3.05) is 17.2 Å². The quantitative estimate of drug-likeness (QED) is 0.174. The van der Waals surface area contributed by atoms with Crippen molar-refractivity contribution in [3.63, 3.8) is 0 Å². The van der Waals surface area contributed by atoms with Crippen LogP contribution >= 0.6 is 0 Å². The monoisotopic (exact) mass is 558 g/mol. The van der Waals surface area contributed by atoms with Gasteiger partial charge in [-0.25, -0.2) is 13.8 Å². The van der Waals surface area contributed by atoms with Gasteiger partial charge in [0, 0.05) is 36.1 Å². The van der Waals surface area contributed by atoms with Crippen molar-refractivity contribution in [2.24, 2.45) is 0 Å². The SMILES string of the molecule is O=CC[C@H](CNC(=O)c1cccn(Cc2ccc(F)c(F)c2)c1=O)Nc1ccc2c(c1)/C(=C/c1cnc[nH]1)C(=O)N2. The summed E-state index contributed by atoms with van der Waals surface area (Å²) in [5.74, 6) is -2.94. The van der Waals surface area contributed by atoms with Crippen LogP contribution in [-0.4, -0.2) is 45.2 Å². The summed E-state index contributed by atoms with van der Waals surface area (Å²) in [5.41, 5.74) is 2.62. The molecule has 1 atom stereocenters. The summed E-state index contributed by atoms with van der Waals surface area (Å²) in [4.78, 5) is 56.6. The molecule has 0 bridgehead atoms. The number of imidazole rings is 1. The molecule has 4 N–H and O–H groups in total. The second kappa shape index (κ2) is 11.8. The number of H-pyrrole nitrogens is 1. The second-order valence-electron chi connectivity index (χ2n) is 9.34. The molecule has 0 spiro atoms. The number of halogens is 2. The zero-order valence-electron chi connectivity index (χ0n) is 21.5. The summed E-state index contributed by atoms with van der Waals surface area (Å²) < 4.78 is 28.0. The number of anilines is 2. The third-order valence-corrected chi connectivity index (χ3v) is 6.48. The minimum Gasteiger partial charge on any atom is -0.380 e. The van der Waals surface area contributed by atoms with E-state index in [-0.39, 0.29) is 31.0 Å². The van der Waals surface area contributed by atoms with E-state index in [4.69, 9.17) is 0 Å². The highest BCUT2D eigenvalue weighted by atomic mass is 19.2. The van der Waals surface area contributed by atoms with Crippen molar-refractivity contribution in [1.82, 2.24) is 19.9 Å². The number of nitrogens with zero attached hydrogens (tertiary/aromatic N) is 2. The molecule has 2 aromatic heterocycles. The van der Waals surface area contributed by atoms with Gasteiger partial charge in [0.2, 0.25) is 0 Å². The van der Waals surface area contributed by atoms with Gasteiger partial charge in [-0.05, 0) is 54.1 Å². The molecule has 2 amide bonds. The number of hydrogen-bond donors (Lipinski definition) is 4. The minimum atomic E-state index is -1.03. The number of hydrogen-bond acceptors (Lipinski definition) is 6. The van der Waals surface area contributed by atoms with E-state index < -0.39 is 29.1 Å². The number of pyridine rings is 1. The fourth-order valence-corrected chi connectivity index (χ4v) is 4.45. The van der Waals surface area contributed by atoms with Crippen molar-refractivity contribution in [3.8, 4) is 0 Å². The Morgan fingerprint density at radius 2 is 1.95 bits per heavy atom. The lowest BCUT2D eigenvalue weighted by Crippen LogP contribution is -2.39. The molecule has 1 aliphatic rings. The third kappa shape index (κ3) is 6.11. The summed E-state index contributed by atoms with van der Waals surface area (Å²) in [6.07, 6.45) is 6.99. The first kappa shape index (κ1) is 27.2. The number of nitrogens with one attached hydrogen (secondary N) is 4. The molecule has 0 aliphatic carbocycles. The molecular weight excluding hydrogens is 534 g/mol. The minimum absolute atomic E-state index is 0.0141. The number of carbonyl (C=O) groups excluding carboxylic acids is 3. The highest BCUT2D eigenvalue weighted by Gasteiger charge is 2.25. The Labute approximate surface area is 232 Å². The predicted octanol–water partition coefficient (Wildman–Crippen LogP) is 3.19. The molecule has 12 heteroatoms. The van der Waals surface area contributed by atoms with E-state index in [1.807, 2.05) is 0 Å². The molecule has 4 aromatic rings. The molecule has 41 heavy (non-hydrogen) atoms. The lowest BCUT2D eigenvalue weighted by Gasteiger charge is -2.19.